The number of carbonyl (C=O) groups is 2. The van der Waals surface area contributed by atoms with E-state index in [9.17, 15) is 9.59 Å². The fraction of sp³-hybridized carbons (Fsp3) is 0.280. The Bertz CT molecular complexity index is 1090. The Morgan fingerprint density at radius 1 is 1.03 bits per heavy atom. The van der Waals surface area contributed by atoms with Crippen LogP contribution >= 0.6 is 11.8 Å². The second kappa shape index (κ2) is 11.5. The Balaban J connectivity index is 1.77. The SMILES string of the molecule is CCCCOc1cc(C(=O)OC)ccc1NC(=O)[C@@H](Cc1ccc2ccccc2c1)NCl. The van der Waals surface area contributed by atoms with E-state index in [0.29, 0.717) is 30.0 Å². The van der Waals surface area contributed by atoms with Crippen LogP contribution in [0.2, 0.25) is 0 Å². The highest BCUT2D eigenvalue weighted by Crippen LogP contribution is 2.27. The van der Waals surface area contributed by atoms with E-state index in [2.05, 4.69) is 17.1 Å². The predicted molar refractivity (Wildman–Crippen MR) is 127 cm³/mol. The van der Waals surface area contributed by atoms with Crippen LogP contribution in [-0.2, 0) is 16.0 Å². The van der Waals surface area contributed by atoms with Crippen LogP contribution in [-0.4, -0.2) is 31.6 Å². The lowest BCUT2D eigenvalue weighted by molar-refractivity contribution is -0.117. The molecule has 0 aliphatic rings. The van der Waals surface area contributed by atoms with Gasteiger partial charge < -0.3 is 14.8 Å². The number of rotatable bonds is 10. The zero-order valence-electron chi connectivity index (χ0n) is 18.2. The van der Waals surface area contributed by atoms with Gasteiger partial charge in [0.15, 0.2) is 0 Å². The van der Waals surface area contributed by atoms with Gasteiger partial charge in [0.05, 0.1) is 25.0 Å². The largest absolute Gasteiger partial charge is 0.491 e. The van der Waals surface area contributed by atoms with Crippen molar-refractivity contribution in [2.45, 2.75) is 32.2 Å². The number of unbranched alkanes of at least 4 members (excludes halogenated alkanes) is 1. The Hall–Kier alpha value is -3.09. The molecule has 0 saturated heterocycles. The summed E-state index contributed by atoms with van der Waals surface area (Å²) in [7, 11) is 1.32. The number of hydrogen-bond acceptors (Lipinski definition) is 5. The molecule has 0 saturated carbocycles. The number of halogens is 1. The number of amides is 1. The van der Waals surface area contributed by atoms with Crippen molar-refractivity contribution in [2.24, 2.45) is 0 Å². The normalized spacial score (nSPS) is 11.7. The molecule has 7 heteroatoms. The number of benzene rings is 3. The minimum Gasteiger partial charge on any atom is -0.491 e. The fourth-order valence-corrected chi connectivity index (χ4v) is 3.49. The highest BCUT2D eigenvalue weighted by Gasteiger charge is 2.21. The van der Waals surface area contributed by atoms with E-state index in [-0.39, 0.29) is 5.91 Å². The maximum absolute atomic E-state index is 13.0. The first kappa shape index (κ1) is 23.6. The average Bonchev–Trinajstić information content (AvgIpc) is 2.82. The first-order chi connectivity index (χ1) is 15.5. The van der Waals surface area contributed by atoms with E-state index < -0.39 is 12.0 Å². The predicted octanol–water partition coefficient (Wildman–Crippen LogP) is 5.10. The summed E-state index contributed by atoms with van der Waals surface area (Å²) in [5, 5.41) is 5.10. The second-order valence-electron chi connectivity index (χ2n) is 7.44. The van der Waals surface area contributed by atoms with Crippen LogP contribution in [0.25, 0.3) is 10.8 Å². The molecule has 0 fully saturated rings. The molecule has 1 atom stereocenters. The van der Waals surface area contributed by atoms with Gasteiger partial charge in [0.25, 0.3) is 0 Å². The second-order valence-corrected chi connectivity index (χ2v) is 7.66. The number of ether oxygens (including phenoxy) is 2. The molecular formula is C25H27ClN2O4. The number of fused-ring (bicyclic) bond motifs is 1. The third kappa shape index (κ3) is 5.99. The van der Waals surface area contributed by atoms with Crippen LogP contribution in [0, 0.1) is 0 Å². The molecule has 0 heterocycles. The molecule has 0 aliphatic carbocycles. The van der Waals surface area contributed by atoms with Gasteiger partial charge in [-0.1, -0.05) is 55.8 Å². The number of hydrogen-bond donors (Lipinski definition) is 2. The van der Waals surface area contributed by atoms with Crippen molar-refractivity contribution in [2.75, 3.05) is 19.0 Å². The molecular weight excluding hydrogens is 428 g/mol. The monoisotopic (exact) mass is 454 g/mol. The lowest BCUT2D eigenvalue weighted by atomic mass is 10.0. The highest BCUT2D eigenvalue weighted by molar-refractivity contribution is 6.15. The smallest absolute Gasteiger partial charge is 0.337 e. The lowest BCUT2D eigenvalue weighted by Gasteiger charge is -2.18. The molecule has 3 aromatic carbocycles. The van der Waals surface area contributed by atoms with Gasteiger partial charge in [0.1, 0.15) is 11.8 Å². The van der Waals surface area contributed by atoms with Crippen molar-refractivity contribution in [1.82, 2.24) is 4.84 Å². The van der Waals surface area contributed by atoms with Crippen molar-refractivity contribution in [3.8, 4) is 5.75 Å². The first-order valence-corrected chi connectivity index (χ1v) is 10.9. The topological polar surface area (TPSA) is 76.7 Å². The molecule has 0 radical (unpaired) electrons. The molecule has 0 bridgehead atoms. The maximum atomic E-state index is 13.0. The van der Waals surface area contributed by atoms with E-state index in [4.69, 9.17) is 21.3 Å². The van der Waals surface area contributed by atoms with Crippen molar-refractivity contribution in [1.29, 1.82) is 0 Å². The van der Waals surface area contributed by atoms with Crippen LogP contribution in [0.1, 0.15) is 35.7 Å². The number of carbonyl (C=O) groups excluding carboxylic acids is 2. The van der Waals surface area contributed by atoms with Gasteiger partial charge in [-0.25, -0.2) is 9.63 Å². The van der Waals surface area contributed by atoms with Crippen molar-refractivity contribution in [3.05, 3.63) is 71.8 Å². The molecule has 0 aliphatic heterocycles. The van der Waals surface area contributed by atoms with Gasteiger partial charge in [-0.15, -0.1) is 0 Å². The number of nitrogens with one attached hydrogen (secondary N) is 2. The molecule has 2 N–H and O–H groups in total. The minimum atomic E-state index is -0.665. The molecule has 0 aromatic heterocycles. The molecule has 3 rings (SSSR count). The summed E-state index contributed by atoms with van der Waals surface area (Å²) in [6.45, 7) is 2.53. The summed E-state index contributed by atoms with van der Waals surface area (Å²) in [6, 6.07) is 18.2. The zero-order chi connectivity index (χ0) is 22.9. The van der Waals surface area contributed by atoms with Gasteiger partial charge in [-0.2, -0.15) is 0 Å². The fourth-order valence-electron chi connectivity index (χ4n) is 3.32. The van der Waals surface area contributed by atoms with Crippen LogP contribution in [0.4, 0.5) is 5.69 Å². The zero-order valence-corrected chi connectivity index (χ0v) is 18.9. The quantitative estimate of drug-likeness (QED) is 0.253. The van der Waals surface area contributed by atoms with E-state index in [0.717, 1.165) is 29.2 Å². The summed E-state index contributed by atoms with van der Waals surface area (Å²) < 4.78 is 10.6. The van der Waals surface area contributed by atoms with Gasteiger partial charge in [-0.05, 0) is 59.2 Å². The summed E-state index contributed by atoms with van der Waals surface area (Å²) in [4.78, 5) is 27.4. The highest BCUT2D eigenvalue weighted by atomic mass is 35.5. The maximum Gasteiger partial charge on any atom is 0.337 e. The van der Waals surface area contributed by atoms with E-state index in [1.165, 1.54) is 7.11 Å². The lowest BCUT2D eigenvalue weighted by Crippen LogP contribution is -2.37. The Kier molecular flexibility index (Phi) is 8.48. The van der Waals surface area contributed by atoms with Crippen molar-refractivity contribution in [3.63, 3.8) is 0 Å². The van der Waals surface area contributed by atoms with E-state index in [1.807, 2.05) is 42.5 Å². The summed E-state index contributed by atoms with van der Waals surface area (Å²) in [5.41, 5.74) is 1.80. The Morgan fingerprint density at radius 3 is 2.53 bits per heavy atom. The molecule has 6 nitrogen and oxygen atoms in total. The van der Waals surface area contributed by atoms with Crippen molar-refractivity contribution >= 4 is 40.1 Å². The van der Waals surface area contributed by atoms with Gasteiger partial charge in [0.2, 0.25) is 5.91 Å². The minimum absolute atomic E-state index is 0.306. The molecule has 1 amide bonds. The Morgan fingerprint density at radius 2 is 1.81 bits per heavy atom. The standard InChI is InChI=1S/C25H27ClN2O4/c1-3-4-13-32-23-16-20(25(30)31-2)11-12-21(23)27-24(29)22(28-26)15-17-9-10-18-7-5-6-8-19(18)14-17/h5-12,14,16,22,28H,3-4,13,15H2,1-2H3,(H,27,29)/t22-/m1/s1. The van der Waals surface area contributed by atoms with E-state index >= 15 is 0 Å². The number of anilines is 1. The summed E-state index contributed by atoms with van der Waals surface area (Å²) in [5.74, 6) is -0.368. The average molecular weight is 455 g/mol. The van der Waals surface area contributed by atoms with Crippen LogP contribution in [0.3, 0.4) is 0 Å². The molecule has 168 valence electrons. The summed E-state index contributed by atoms with van der Waals surface area (Å²) in [6.07, 6.45) is 2.22. The summed E-state index contributed by atoms with van der Waals surface area (Å²) >= 11 is 5.92. The third-order valence-electron chi connectivity index (χ3n) is 5.12. The number of methoxy groups -OCH3 is 1. The number of esters is 1. The van der Waals surface area contributed by atoms with Crippen LogP contribution in [0.5, 0.6) is 5.75 Å². The van der Waals surface area contributed by atoms with E-state index in [1.54, 1.807) is 18.2 Å². The molecule has 0 unspecified atom stereocenters. The van der Waals surface area contributed by atoms with Gasteiger partial charge in [-0.3, -0.25) is 4.79 Å². The Labute approximate surface area is 193 Å². The third-order valence-corrected chi connectivity index (χ3v) is 5.38. The van der Waals surface area contributed by atoms with Crippen molar-refractivity contribution < 1.29 is 19.1 Å². The van der Waals surface area contributed by atoms with Gasteiger partial charge in [0, 0.05) is 0 Å². The first-order valence-electron chi connectivity index (χ1n) is 10.6. The van der Waals surface area contributed by atoms with Gasteiger partial charge >= 0.3 is 5.97 Å². The molecule has 32 heavy (non-hydrogen) atoms. The molecule has 0 spiro atoms. The van der Waals surface area contributed by atoms with Crippen LogP contribution in [0.15, 0.2) is 60.7 Å². The molecule has 3 aromatic rings. The van der Waals surface area contributed by atoms with Crippen LogP contribution < -0.4 is 14.9 Å².